The normalized spacial score (nSPS) is 23.2. The highest BCUT2D eigenvalue weighted by atomic mass is 16.3. The third kappa shape index (κ3) is 3.53. The summed E-state index contributed by atoms with van der Waals surface area (Å²) in [6.45, 7) is 6.42. The lowest BCUT2D eigenvalue weighted by Crippen LogP contribution is -2.37. The third-order valence-electron chi connectivity index (χ3n) is 4.33. The molecule has 1 aliphatic carbocycles. The zero-order chi connectivity index (χ0) is 14.5. The number of benzene rings is 1. The van der Waals surface area contributed by atoms with Crippen molar-refractivity contribution in [2.24, 2.45) is 5.92 Å². The molecule has 1 aliphatic rings. The van der Waals surface area contributed by atoms with Gasteiger partial charge in [-0.2, -0.15) is 0 Å². The minimum atomic E-state index is -0.0613. The molecule has 0 heterocycles. The van der Waals surface area contributed by atoms with E-state index >= 15 is 0 Å². The average Bonchev–Trinajstić information content (AvgIpc) is 2.43. The summed E-state index contributed by atoms with van der Waals surface area (Å²) in [5.74, 6) is 0.641. The molecule has 0 radical (unpaired) electrons. The first-order valence-electron chi connectivity index (χ1n) is 7.87. The van der Waals surface area contributed by atoms with E-state index in [1.807, 2.05) is 0 Å². The van der Waals surface area contributed by atoms with E-state index in [2.05, 4.69) is 55.4 Å². The molecule has 0 aliphatic heterocycles. The van der Waals surface area contributed by atoms with Crippen molar-refractivity contribution in [1.29, 1.82) is 0 Å². The van der Waals surface area contributed by atoms with Crippen LogP contribution in [0.2, 0.25) is 0 Å². The summed E-state index contributed by atoms with van der Waals surface area (Å²) < 4.78 is 0. The number of para-hydroxylation sites is 1. The van der Waals surface area contributed by atoms with Crippen LogP contribution in [0, 0.1) is 5.92 Å². The Labute approximate surface area is 123 Å². The van der Waals surface area contributed by atoms with Gasteiger partial charge < -0.3 is 15.3 Å². The molecule has 3 heteroatoms. The van der Waals surface area contributed by atoms with Crippen molar-refractivity contribution < 1.29 is 5.11 Å². The van der Waals surface area contributed by atoms with Gasteiger partial charge in [0.15, 0.2) is 0 Å². The largest absolute Gasteiger partial charge is 0.393 e. The highest BCUT2D eigenvalue weighted by Gasteiger charge is 2.28. The van der Waals surface area contributed by atoms with Crippen LogP contribution >= 0.6 is 0 Å². The lowest BCUT2D eigenvalue weighted by molar-refractivity contribution is 0.0464. The van der Waals surface area contributed by atoms with Gasteiger partial charge in [-0.05, 0) is 43.4 Å². The molecule has 0 saturated heterocycles. The van der Waals surface area contributed by atoms with Crippen LogP contribution in [-0.4, -0.2) is 31.3 Å². The molecule has 0 bridgehead atoms. The van der Waals surface area contributed by atoms with E-state index in [0.29, 0.717) is 12.0 Å². The number of aliphatic hydroxyl groups is 1. The molecule has 112 valence electrons. The van der Waals surface area contributed by atoms with Gasteiger partial charge in [-0.1, -0.05) is 32.0 Å². The molecule has 1 saturated carbocycles. The third-order valence-corrected chi connectivity index (χ3v) is 4.33. The van der Waals surface area contributed by atoms with Crippen LogP contribution in [0.1, 0.15) is 44.7 Å². The minimum Gasteiger partial charge on any atom is -0.393 e. The Balaban J connectivity index is 2.09. The predicted octanol–water partition coefficient (Wildman–Crippen LogP) is 2.95. The van der Waals surface area contributed by atoms with Gasteiger partial charge >= 0.3 is 0 Å². The molecule has 1 aromatic rings. The topological polar surface area (TPSA) is 35.5 Å². The standard InChI is InChI=1S/C17H28N2O/c1-4-16(18-5-2)15-8-6-7-9-17(15)19(3)12-13-10-14(20)11-13/h6-9,13-14,16,18,20H,4-5,10-12H2,1-3H3. The monoisotopic (exact) mass is 276 g/mol. The van der Waals surface area contributed by atoms with Crippen molar-refractivity contribution in [2.45, 2.75) is 45.3 Å². The summed E-state index contributed by atoms with van der Waals surface area (Å²) in [5.41, 5.74) is 2.71. The van der Waals surface area contributed by atoms with Crippen LogP contribution in [0.15, 0.2) is 24.3 Å². The van der Waals surface area contributed by atoms with Crippen molar-refractivity contribution >= 4 is 5.69 Å². The number of nitrogens with zero attached hydrogens (tertiary/aromatic N) is 1. The Morgan fingerprint density at radius 3 is 2.60 bits per heavy atom. The molecule has 3 nitrogen and oxygen atoms in total. The molecule has 0 aromatic heterocycles. The van der Waals surface area contributed by atoms with Crippen molar-refractivity contribution in [2.75, 3.05) is 25.0 Å². The Bertz CT molecular complexity index is 415. The molecule has 1 fully saturated rings. The molecule has 0 spiro atoms. The zero-order valence-electron chi connectivity index (χ0n) is 13.0. The maximum Gasteiger partial charge on any atom is 0.0546 e. The summed E-state index contributed by atoms with van der Waals surface area (Å²) >= 11 is 0. The highest BCUT2D eigenvalue weighted by molar-refractivity contribution is 5.54. The van der Waals surface area contributed by atoms with E-state index in [0.717, 1.165) is 32.4 Å². The first-order chi connectivity index (χ1) is 9.65. The summed E-state index contributed by atoms with van der Waals surface area (Å²) in [7, 11) is 2.17. The molecule has 2 rings (SSSR count). The van der Waals surface area contributed by atoms with Crippen molar-refractivity contribution in [3.05, 3.63) is 29.8 Å². The summed E-state index contributed by atoms with van der Waals surface area (Å²) in [5, 5.41) is 13.0. The van der Waals surface area contributed by atoms with E-state index in [1.165, 1.54) is 11.3 Å². The lowest BCUT2D eigenvalue weighted by Gasteiger charge is -2.36. The second kappa shape index (κ2) is 7.09. The van der Waals surface area contributed by atoms with E-state index in [9.17, 15) is 5.11 Å². The predicted molar refractivity (Wildman–Crippen MR) is 85.2 cm³/mol. The molecule has 20 heavy (non-hydrogen) atoms. The quantitative estimate of drug-likeness (QED) is 0.804. The second-order valence-electron chi connectivity index (χ2n) is 5.95. The fourth-order valence-corrected chi connectivity index (χ4v) is 3.19. The zero-order valence-corrected chi connectivity index (χ0v) is 13.0. The molecule has 2 N–H and O–H groups in total. The Hall–Kier alpha value is -1.06. The van der Waals surface area contributed by atoms with Crippen LogP contribution in [0.3, 0.4) is 0 Å². The summed E-state index contributed by atoms with van der Waals surface area (Å²) in [6, 6.07) is 9.11. The number of hydrogen-bond acceptors (Lipinski definition) is 3. The average molecular weight is 276 g/mol. The smallest absolute Gasteiger partial charge is 0.0546 e. The van der Waals surface area contributed by atoms with Gasteiger partial charge in [0.25, 0.3) is 0 Å². The number of hydrogen-bond donors (Lipinski definition) is 2. The maximum absolute atomic E-state index is 9.42. The van der Waals surface area contributed by atoms with Crippen LogP contribution in [0.4, 0.5) is 5.69 Å². The maximum atomic E-state index is 9.42. The van der Waals surface area contributed by atoms with Crippen LogP contribution in [0.5, 0.6) is 0 Å². The van der Waals surface area contributed by atoms with Crippen LogP contribution < -0.4 is 10.2 Å². The van der Waals surface area contributed by atoms with Gasteiger partial charge in [0.1, 0.15) is 0 Å². The SMILES string of the molecule is CCNC(CC)c1ccccc1N(C)CC1CC(O)C1. The molecule has 1 unspecified atom stereocenters. The first-order valence-corrected chi connectivity index (χ1v) is 7.87. The van der Waals surface area contributed by atoms with Crippen molar-refractivity contribution in [1.82, 2.24) is 5.32 Å². The van der Waals surface area contributed by atoms with E-state index < -0.39 is 0 Å². The minimum absolute atomic E-state index is 0.0613. The van der Waals surface area contributed by atoms with Crippen LogP contribution in [-0.2, 0) is 0 Å². The lowest BCUT2D eigenvalue weighted by atomic mass is 9.82. The molecular weight excluding hydrogens is 248 g/mol. The van der Waals surface area contributed by atoms with Gasteiger partial charge in [0, 0.05) is 25.3 Å². The van der Waals surface area contributed by atoms with Gasteiger partial charge in [0.05, 0.1) is 6.10 Å². The van der Waals surface area contributed by atoms with Gasteiger partial charge in [-0.15, -0.1) is 0 Å². The second-order valence-corrected chi connectivity index (χ2v) is 5.95. The van der Waals surface area contributed by atoms with Crippen LogP contribution in [0.25, 0.3) is 0 Å². The first kappa shape index (κ1) is 15.3. The summed E-state index contributed by atoms with van der Waals surface area (Å²) in [4.78, 5) is 2.35. The van der Waals surface area contributed by atoms with Gasteiger partial charge in [-0.3, -0.25) is 0 Å². The van der Waals surface area contributed by atoms with Crippen molar-refractivity contribution in [3.63, 3.8) is 0 Å². The van der Waals surface area contributed by atoms with Crippen molar-refractivity contribution in [3.8, 4) is 0 Å². The van der Waals surface area contributed by atoms with Gasteiger partial charge in [-0.25, -0.2) is 0 Å². The Kier molecular flexibility index (Phi) is 5.44. The van der Waals surface area contributed by atoms with Gasteiger partial charge in [0.2, 0.25) is 0 Å². The fourth-order valence-electron chi connectivity index (χ4n) is 3.19. The number of nitrogens with one attached hydrogen (secondary N) is 1. The van der Waals surface area contributed by atoms with E-state index in [1.54, 1.807) is 0 Å². The number of rotatable bonds is 7. The Morgan fingerprint density at radius 1 is 1.30 bits per heavy atom. The highest BCUT2D eigenvalue weighted by Crippen LogP contribution is 2.32. The fraction of sp³-hybridized carbons (Fsp3) is 0.647. The molecule has 0 amide bonds. The molecule has 1 atom stereocenters. The summed E-state index contributed by atoms with van der Waals surface area (Å²) in [6.07, 6.45) is 2.95. The Morgan fingerprint density at radius 2 is 2.00 bits per heavy atom. The number of aliphatic hydroxyl groups excluding tert-OH is 1. The van der Waals surface area contributed by atoms with E-state index in [4.69, 9.17) is 0 Å². The number of anilines is 1. The molecular formula is C17H28N2O. The molecule has 1 aromatic carbocycles. The van der Waals surface area contributed by atoms with E-state index in [-0.39, 0.29) is 6.10 Å².